The largest absolute Gasteiger partial charge is 0.506 e. The maximum absolute atomic E-state index is 11.3. The Morgan fingerprint density at radius 3 is 2.73 bits per heavy atom. The van der Waals surface area contributed by atoms with Crippen molar-refractivity contribution in [2.24, 2.45) is 0 Å². The smallest absolute Gasteiger partial charge is 0.250 e. The van der Waals surface area contributed by atoms with E-state index < -0.39 is 5.91 Å². The number of hydrogen-bond donors (Lipinski definition) is 2. The molecule has 0 heterocycles. The third kappa shape index (κ3) is 2.67. The molecule has 1 aromatic carbocycles. The number of phenolic OH excluding ortho intramolecular Hbond substituents is 1. The Hall–Kier alpha value is -2.10. The van der Waals surface area contributed by atoms with Crippen LogP contribution in [0.1, 0.15) is 17.3 Å². The number of carbonyl (C=O) groups excluding carboxylic acids is 2. The maximum Gasteiger partial charge on any atom is 0.250 e. The van der Waals surface area contributed by atoms with Crippen LogP contribution in [0.25, 0.3) is 0 Å². The van der Waals surface area contributed by atoms with Crippen molar-refractivity contribution in [1.82, 2.24) is 0 Å². The average Bonchev–Trinajstić information content (AvgIpc) is 2.21. The fourth-order valence-electron chi connectivity index (χ4n) is 0.956. The van der Waals surface area contributed by atoms with Crippen LogP contribution in [-0.2, 0) is 4.79 Å². The molecule has 0 aromatic heterocycles. The molecule has 4 heteroatoms. The maximum atomic E-state index is 11.3. The lowest BCUT2D eigenvalue weighted by atomic mass is 10.2. The molecule has 1 amide bonds. The molecular formula is C11H11NO3. The van der Waals surface area contributed by atoms with Crippen LogP contribution in [0.3, 0.4) is 0 Å². The van der Waals surface area contributed by atoms with Gasteiger partial charge in [-0.1, -0.05) is 6.58 Å². The molecule has 2 N–H and O–H groups in total. The van der Waals surface area contributed by atoms with E-state index in [1.807, 2.05) is 0 Å². The molecule has 0 aliphatic heterocycles. The zero-order chi connectivity index (χ0) is 11.4. The van der Waals surface area contributed by atoms with Crippen LogP contribution in [-0.4, -0.2) is 17.3 Å². The number of amides is 1. The second-order valence-corrected chi connectivity index (χ2v) is 3.13. The van der Waals surface area contributed by atoms with E-state index in [-0.39, 0.29) is 11.4 Å². The van der Waals surface area contributed by atoms with E-state index in [9.17, 15) is 14.7 Å². The molecule has 0 spiro atoms. The second-order valence-electron chi connectivity index (χ2n) is 3.13. The minimum atomic E-state index is -0.395. The highest BCUT2D eigenvalue weighted by Crippen LogP contribution is 2.23. The van der Waals surface area contributed by atoms with Gasteiger partial charge >= 0.3 is 0 Å². The number of carbonyl (C=O) groups is 2. The van der Waals surface area contributed by atoms with E-state index in [1.165, 1.54) is 18.2 Å². The predicted molar refractivity (Wildman–Crippen MR) is 56.9 cm³/mol. The number of rotatable bonds is 3. The first kappa shape index (κ1) is 11.0. The highest BCUT2D eigenvalue weighted by atomic mass is 16.3. The molecule has 0 atom stereocenters. The van der Waals surface area contributed by atoms with E-state index in [4.69, 9.17) is 0 Å². The summed E-state index contributed by atoms with van der Waals surface area (Å²) < 4.78 is 0. The third-order valence-corrected chi connectivity index (χ3v) is 1.79. The Bertz CT molecular complexity index is 424. The summed E-state index contributed by atoms with van der Waals surface area (Å²) in [6, 6.07) is 4.19. The molecule has 0 saturated carbocycles. The summed E-state index contributed by atoms with van der Waals surface area (Å²) in [6.45, 7) is 5.01. The molecule has 78 valence electrons. The van der Waals surface area contributed by atoms with Crippen molar-refractivity contribution < 1.29 is 14.7 Å². The van der Waals surface area contributed by atoms with Gasteiger partial charge in [0.2, 0.25) is 0 Å². The molecule has 4 nitrogen and oxygen atoms in total. The summed E-state index contributed by atoms with van der Waals surface area (Å²) in [5.41, 5.74) is 0.906. The van der Waals surface area contributed by atoms with Gasteiger partial charge in [-0.3, -0.25) is 9.59 Å². The Kier molecular flexibility index (Phi) is 3.23. The SMILES string of the molecule is C=C(C)C(=O)Nc1cc(C=O)ccc1O. The van der Waals surface area contributed by atoms with Crippen LogP contribution in [0, 0.1) is 0 Å². The number of benzene rings is 1. The van der Waals surface area contributed by atoms with E-state index in [0.717, 1.165) is 0 Å². The van der Waals surface area contributed by atoms with E-state index in [0.29, 0.717) is 17.4 Å². The molecule has 15 heavy (non-hydrogen) atoms. The quantitative estimate of drug-likeness (QED) is 0.448. The molecule has 1 aromatic rings. The van der Waals surface area contributed by atoms with E-state index in [2.05, 4.69) is 11.9 Å². The van der Waals surface area contributed by atoms with Gasteiger partial charge in [0, 0.05) is 11.1 Å². The Balaban J connectivity index is 2.98. The molecule has 0 saturated heterocycles. The van der Waals surface area contributed by atoms with Gasteiger partial charge < -0.3 is 10.4 Å². The van der Waals surface area contributed by atoms with Crippen molar-refractivity contribution in [1.29, 1.82) is 0 Å². The standard InChI is InChI=1S/C11H11NO3/c1-7(2)11(15)12-9-5-8(6-13)3-4-10(9)14/h3-6,14H,1H2,2H3,(H,12,15). The highest BCUT2D eigenvalue weighted by Gasteiger charge is 2.07. The first-order valence-electron chi connectivity index (χ1n) is 4.29. The summed E-state index contributed by atoms with van der Waals surface area (Å²) in [6.07, 6.45) is 0.635. The molecule has 0 bridgehead atoms. The van der Waals surface area contributed by atoms with Crippen molar-refractivity contribution in [2.75, 3.05) is 5.32 Å². The summed E-state index contributed by atoms with van der Waals surface area (Å²) in [7, 11) is 0. The van der Waals surface area contributed by atoms with E-state index in [1.54, 1.807) is 6.92 Å². The number of anilines is 1. The number of phenols is 1. The van der Waals surface area contributed by atoms with Crippen molar-refractivity contribution >= 4 is 17.9 Å². The fourth-order valence-corrected chi connectivity index (χ4v) is 0.956. The summed E-state index contributed by atoms with van der Waals surface area (Å²) >= 11 is 0. The molecule has 0 unspecified atom stereocenters. The van der Waals surface area contributed by atoms with Gasteiger partial charge in [-0.05, 0) is 25.1 Å². The summed E-state index contributed by atoms with van der Waals surface area (Å²) in [5.74, 6) is -0.483. The average molecular weight is 205 g/mol. The molecule has 0 radical (unpaired) electrons. The van der Waals surface area contributed by atoms with Gasteiger partial charge in [-0.25, -0.2) is 0 Å². The lowest BCUT2D eigenvalue weighted by molar-refractivity contribution is -0.112. The lowest BCUT2D eigenvalue weighted by Gasteiger charge is -2.07. The van der Waals surface area contributed by atoms with Crippen LogP contribution < -0.4 is 5.32 Å². The Morgan fingerprint density at radius 1 is 1.53 bits per heavy atom. The molecular weight excluding hydrogens is 194 g/mol. The molecule has 0 fully saturated rings. The Morgan fingerprint density at radius 2 is 2.20 bits per heavy atom. The predicted octanol–water partition coefficient (Wildman–Crippen LogP) is 1.72. The zero-order valence-corrected chi connectivity index (χ0v) is 8.28. The van der Waals surface area contributed by atoms with Gasteiger partial charge in [0.1, 0.15) is 12.0 Å². The van der Waals surface area contributed by atoms with Gasteiger partial charge in [0.25, 0.3) is 5.91 Å². The van der Waals surface area contributed by atoms with Gasteiger partial charge in [-0.15, -0.1) is 0 Å². The topological polar surface area (TPSA) is 66.4 Å². The zero-order valence-electron chi connectivity index (χ0n) is 8.28. The van der Waals surface area contributed by atoms with Crippen LogP contribution in [0.2, 0.25) is 0 Å². The monoisotopic (exact) mass is 205 g/mol. The summed E-state index contributed by atoms with van der Waals surface area (Å²) in [5, 5.41) is 11.8. The van der Waals surface area contributed by atoms with Gasteiger partial charge in [0.05, 0.1) is 5.69 Å². The normalized spacial score (nSPS) is 9.40. The molecule has 0 aliphatic carbocycles. The summed E-state index contributed by atoms with van der Waals surface area (Å²) in [4.78, 5) is 21.7. The van der Waals surface area contributed by atoms with Crippen molar-refractivity contribution in [3.63, 3.8) is 0 Å². The second kappa shape index (κ2) is 4.41. The third-order valence-electron chi connectivity index (χ3n) is 1.79. The molecule has 0 aliphatic rings. The first-order valence-corrected chi connectivity index (χ1v) is 4.29. The van der Waals surface area contributed by atoms with Crippen LogP contribution in [0.4, 0.5) is 5.69 Å². The van der Waals surface area contributed by atoms with E-state index >= 15 is 0 Å². The number of aldehydes is 1. The van der Waals surface area contributed by atoms with Gasteiger partial charge in [0.15, 0.2) is 0 Å². The lowest BCUT2D eigenvalue weighted by Crippen LogP contribution is -2.12. The first-order chi connectivity index (χ1) is 7.04. The number of nitrogens with one attached hydrogen (secondary N) is 1. The Labute approximate surface area is 87.2 Å². The van der Waals surface area contributed by atoms with Crippen LogP contribution in [0.15, 0.2) is 30.4 Å². The minimum absolute atomic E-state index is 0.0878. The van der Waals surface area contributed by atoms with Gasteiger partial charge in [-0.2, -0.15) is 0 Å². The van der Waals surface area contributed by atoms with Crippen molar-refractivity contribution in [3.8, 4) is 5.75 Å². The minimum Gasteiger partial charge on any atom is -0.506 e. The van der Waals surface area contributed by atoms with Crippen LogP contribution in [0.5, 0.6) is 5.75 Å². The highest BCUT2D eigenvalue weighted by molar-refractivity contribution is 6.04. The van der Waals surface area contributed by atoms with Crippen LogP contribution >= 0.6 is 0 Å². The number of aromatic hydroxyl groups is 1. The van der Waals surface area contributed by atoms with Crippen molar-refractivity contribution in [3.05, 3.63) is 35.9 Å². The molecule has 1 rings (SSSR count). The van der Waals surface area contributed by atoms with Crippen molar-refractivity contribution in [2.45, 2.75) is 6.92 Å². The number of hydrogen-bond acceptors (Lipinski definition) is 3. The fraction of sp³-hybridized carbons (Fsp3) is 0.0909.